The number of carbonyl (C=O) groups excluding carboxylic acids is 1. The second kappa shape index (κ2) is 8.83. The lowest BCUT2D eigenvalue weighted by Gasteiger charge is -2.16. The maximum Gasteiger partial charge on any atom is 0.418 e. The Kier molecular flexibility index (Phi) is 5.95. The van der Waals surface area contributed by atoms with Gasteiger partial charge in [0.25, 0.3) is 5.91 Å². The van der Waals surface area contributed by atoms with Crippen LogP contribution in [0.25, 0.3) is 22.0 Å². The van der Waals surface area contributed by atoms with E-state index in [1.807, 2.05) is 30.3 Å². The van der Waals surface area contributed by atoms with E-state index in [0.29, 0.717) is 17.7 Å². The van der Waals surface area contributed by atoms with Crippen LogP contribution in [0.1, 0.15) is 34.0 Å². The second-order valence-electron chi connectivity index (χ2n) is 7.47. The largest absolute Gasteiger partial charge is 0.418 e. The summed E-state index contributed by atoms with van der Waals surface area (Å²) in [6.07, 6.45) is -2.43. The molecule has 1 heterocycles. The number of aryl methyl sites for hydroxylation is 1. The number of pyridine rings is 1. The Balaban J connectivity index is 1.79. The number of benzene rings is 3. The van der Waals surface area contributed by atoms with Crippen LogP contribution in [0, 0.1) is 0 Å². The Morgan fingerprint density at radius 2 is 1.66 bits per heavy atom. The molecule has 0 fully saturated rings. The molecule has 0 atom stereocenters. The van der Waals surface area contributed by atoms with E-state index < -0.39 is 17.6 Å². The first-order valence-electron chi connectivity index (χ1n) is 10.3. The Morgan fingerprint density at radius 1 is 0.938 bits per heavy atom. The van der Waals surface area contributed by atoms with Crippen molar-refractivity contribution in [3.8, 4) is 11.1 Å². The highest BCUT2D eigenvalue weighted by Crippen LogP contribution is 2.38. The van der Waals surface area contributed by atoms with Gasteiger partial charge in [-0.2, -0.15) is 13.2 Å². The Bertz CT molecular complexity index is 1270. The second-order valence-corrected chi connectivity index (χ2v) is 7.47. The molecule has 4 aromatic rings. The molecule has 6 heteroatoms. The summed E-state index contributed by atoms with van der Waals surface area (Å²) in [4.78, 5) is 17.2. The zero-order chi connectivity index (χ0) is 22.7. The first-order valence-corrected chi connectivity index (χ1v) is 10.3. The molecule has 1 N–H and O–H groups in total. The van der Waals surface area contributed by atoms with Gasteiger partial charge < -0.3 is 5.32 Å². The van der Waals surface area contributed by atoms with Crippen molar-refractivity contribution in [2.24, 2.45) is 0 Å². The van der Waals surface area contributed by atoms with Gasteiger partial charge in [0.2, 0.25) is 0 Å². The van der Waals surface area contributed by atoms with Gasteiger partial charge in [-0.3, -0.25) is 9.78 Å². The van der Waals surface area contributed by atoms with Gasteiger partial charge in [-0.1, -0.05) is 73.7 Å². The highest BCUT2D eigenvalue weighted by Gasteiger charge is 2.34. The van der Waals surface area contributed by atoms with Crippen LogP contribution in [-0.4, -0.2) is 10.9 Å². The molecule has 1 aromatic heterocycles. The number of halogens is 3. The molecule has 0 aliphatic carbocycles. The fourth-order valence-electron chi connectivity index (χ4n) is 3.78. The predicted molar refractivity (Wildman–Crippen MR) is 119 cm³/mol. The van der Waals surface area contributed by atoms with Gasteiger partial charge in [0, 0.05) is 23.7 Å². The van der Waals surface area contributed by atoms with Gasteiger partial charge in [0.1, 0.15) is 0 Å². The van der Waals surface area contributed by atoms with Crippen molar-refractivity contribution in [2.45, 2.75) is 26.1 Å². The smallest absolute Gasteiger partial charge is 0.348 e. The predicted octanol–water partition coefficient (Wildman–Crippen LogP) is 6.41. The maximum atomic E-state index is 13.6. The number of rotatable bonds is 5. The molecule has 0 saturated heterocycles. The van der Waals surface area contributed by atoms with Crippen LogP contribution in [0.3, 0.4) is 0 Å². The first-order chi connectivity index (χ1) is 15.4. The standard InChI is InChI=1S/C26H21F3N2O/c1-2-17-8-6-9-18(14-17)15-31-25(32)21-16-30-24-20(12-7-13-22(24)26(27,28)29)23(21)19-10-4-3-5-11-19/h3-14,16H,2,15H2,1H3,(H,31,32). The van der Waals surface area contributed by atoms with Crippen LogP contribution >= 0.6 is 0 Å². The molecule has 0 spiro atoms. The molecule has 3 aromatic carbocycles. The maximum absolute atomic E-state index is 13.6. The van der Waals surface area contributed by atoms with E-state index in [-0.39, 0.29) is 16.5 Å². The van der Waals surface area contributed by atoms with E-state index in [4.69, 9.17) is 0 Å². The van der Waals surface area contributed by atoms with E-state index in [9.17, 15) is 18.0 Å². The highest BCUT2D eigenvalue weighted by molar-refractivity contribution is 6.09. The molecule has 1 amide bonds. The monoisotopic (exact) mass is 434 g/mol. The lowest BCUT2D eigenvalue weighted by Crippen LogP contribution is -2.24. The van der Waals surface area contributed by atoms with E-state index in [1.165, 1.54) is 12.3 Å². The normalized spacial score (nSPS) is 11.5. The van der Waals surface area contributed by atoms with Crippen LogP contribution < -0.4 is 5.32 Å². The first kappa shape index (κ1) is 21.6. The number of carbonyl (C=O) groups is 1. The van der Waals surface area contributed by atoms with Crippen LogP contribution in [0.15, 0.2) is 79.0 Å². The number of fused-ring (bicyclic) bond motifs is 1. The van der Waals surface area contributed by atoms with E-state index >= 15 is 0 Å². The van der Waals surface area contributed by atoms with E-state index in [2.05, 4.69) is 17.2 Å². The number of hydrogen-bond acceptors (Lipinski definition) is 2. The highest BCUT2D eigenvalue weighted by atomic mass is 19.4. The number of amides is 1. The van der Waals surface area contributed by atoms with Crippen molar-refractivity contribution in [2.75, 3.05) is 0 Å². The van der Waals surface area contributed by atoms with Crippen molar-refractivity contribution < 1.29 is 18.0 Å². The fraction of sp³-hybridized carbons (Fsp3) is 0.154. The van der Waals surface area contributed by atoms with Crippen LogP contribution in [0.2, 0.25) is 0 Å². The Labute approximate surface area is 183 Å². The third kappa shape index (κ3) is 4.35. The molecule has 3 nitrogen and oxygen atoms in total. The van der Waals surface area contributed by atoms with Crippen molar-refractivity contribution in [3.05, 3.63) is 101 Å². The van der Waals surface area contributed by atoms with Crippen LogP contribution in [-0.2, 0) is 19.1 Å². The molecular weight excluding hydrogens is 413 g/mol. The number of alkyl halides is 3. The van der Waals surface area contributed by atoms with E-state index in [1.54, 1.807) is 30.3 Å². The summed E-state index contributed by atoms with van der Waals surface area (Å²) in [6, 6.07) is 20.7. The molecule has 0 unspecified atom stereocenters. The molecule has 0 aliphatic rings. The molecule has 0 radical (unpaired) electrons. The van der Waals surface area contributed by atoms with Crippen molar-refractivity contribution >= 4 is 16.8 Å². The molecule has 0 aliphatic heterocycles. The minimum absolute atomic E-state index is 0.175. The SMILES string of the molecule is CCc1cccc(CNC(=O)c2cnc3c(C(F)(F)F)cccc3c2-c2ccccc2)c1. The molecule has 32 heavy (non-hydrogen) atoms. The summed E-state index contributed by atoms with van der Waals surface area (Å²) in [5.74, 6) is -0.391. The van der Waals surface area contributed by atoms with Gasteiger partial charge in [0.15, 0.2) is 0 Å². The third-order valence-electron chi connectivity index (χ3n) is 5.36. The summed E-state index contributed by atoms with van der Waals surface area (Å²) in [5.41, 5.74) is 2.43. The van der Waals surface area contributed by atoms with E-state index in [0.717, 1.165) is 23.6 Å². The summed E-state index contributed by atoms with van der Waals surface area (Å²) in [5, 5.41) is 3.17. The summed E-state index contributed by atoms with van der Waals surface area (Å²) >= 11 is 0. The van der Waals surface area contributed by atoms with Crippen LogP contribution in [0.5, 0.6) is 0 Å². The molecule has 4 rings (SSSR count). The van der Waals surface area contributed by atoms with Gasteiger partial charge in [0.05, 0.1) is 16.6 Å². The number of aromatic nitrogens is 1. The summed E-state index contributed by atoms with van der Waals surface area (Å²) in [6.45, 7) is 2.36. The third-order valence-corrected chi connectivity index (χ3v) is 5.36. The Hall–Kier alpha value is -3.67. The van der Waals surface area contributed by atoms with Gasteiger partial charge in [-0.05, 0) is 29.2 Å². The number of hydrogen-bond donors (Lipinski definition) is 1. The number of nitrogens with zero attached hydrogens (tertiary/aromatic N) is 1. The van der Waals surface area contributed by atoms with Gasteiger partial charge >= 0.3 is 6.18 Å². The lowest BCUT2D eigenvalue weighted by molar-refractivity contribution is -0.136. The van der Waals surface area contributed by atoms with Crippen molar-refractivity contribution in [1.82, 2.24) is 10.3 Å². The number of para-hydroxylation sites is 1. The average Bonchev–Trinajstić information content (AvgIpc) is 2.81. The molecule has 162 valence electrons. The molecule has 0 saturated carbocycles. The Morgan fingerprint density at radius 3 is 2.38 bits per heavy atom. The number of nitrogens with one attached hydrogen (secondary N) is 1. The minimum atomic E-state index is -4.55. The molecule has 0 bridgehead atoms. The van der Waals surface area contributed by atoms with Crippen molar-refractivity contribution in [1.29, 1.82) is 0 Å². The average molecular weight is 434 g/mol. The van der Waals surface area contributed by atoms with Gasteiger partial charge in [-0.25, -0.2) is 0 Å². The lowest BCUT2D eigenvalue weighted by atomic mass is 9.94. The van der Waals surface area contributed by atoms with Crippen LogP contribution in [0.4, 0.5) is 13.2 Å². The zero-order valence-corrected chi connectivity index (χ0v) is 17.4. The summed E-state index contributed by atoms with van der Waals surface area (Å²) in [7, 11) is 0. The minimum Gasteiger partial charge on any atom is -0.348 e. The van der Waals surface area contributed by atoms with Crippen molar-refractivity contribution in [3.63, 3.8) is 0 Å². The quantitative estimate of drug-likeness (QED) is 0.394. The topological polar surface area (TPSA) is 42.0 Å². The summed E-state index contributed by atoms with van der Waals surface area (Å²) < 4.78 is 40.7. The zero-order valence-electron chi connectivity index (χ0n) is 17.4. The fourth-order valence-corrected chi connectivity index (χ4v) is 3.78. The molecular formula is C26H21F3N2O. The van der Waals surface area contributed by atoms with Gasteiger partial charge in [-0.15, -0.1) is 0 Å².